The average molecular weight is 289 g/mol. The molecule has 0 amide bonds. The van der Waals surface area contributed by atoms with E-state index in [4.69, 9.17) is 33.2 Å². The fraction of sp³-hybridized carbons (Fsp3) is 0.909. The van der Waals surface area contributed by atoms with Crippen LogP contribution in [0.3, 0.4) is 0 Å². The zero-order chi connectivity index (χ0) is 11.6. The third-order valence-electron chi connectivity index (χ3n) is 2.46. The summed E-state index contributed by atoms with van der Waals surface area (Å²) in [5.41, 5.74) is 0. The van der Waals surface area contributed by atoms with Crippen molar-refractivity contribution in [3.63, 3.8) is 0 Å². The number of hydrogen-bond donors (Lipinski definition) is 0. The largest absolute Gasteiger partial charge is 0.341 e. The maximum atomic E-state index is 5.79. The summed E-state index contributed by atoms with van der Waals surface area (Å²) in [5, 5.41) is 0. The van der Waals surface area contributed by atoms with Gasteiger partial charge in [-0.2, -0.15) is 0 Å². The molecule has 0 heterocycles. The van der Waals surface area contributed by atoms with Crippen LogP contribution in [0, 0.1) is 6.92 Å². The first kappa shape index (κ1) is 16.1. The molecule has 0 aliphatic carbocycles. The van der Waals surface area contributed by atoms with Crippen molar-refractivity contribution in [1.29, 1.82) is 0 Å². The molecule has 0 aliphatic rings. The highest BCUT2D eigenvalue weighted by Crippen LogP contribution is 2.27. The van der Waals surface area contributed by atoms with Crippen molar-refractivity contribution in [2.24, 2.45) is 0 Å². The molecule has 0 aliphatic heterocycles. The molecule has 91 valence electrons. The van der Waals surface area contributed by atoms with Gasteiger partial charge >= 0.3 is 6.00 Å². The van der Waals surface area contributed by atoms with Crippen LogP contribution in [-0.2, 0) is 0 Å². The van der Waals surface area contributed by atoms with Crippen LogP contribution in [0.15, 0.2) is 0 Å². The maximum absolute atomic E-state index is 5.79. The minimum atomic E-state index is -2.33. The van der Waals surface area contributed by atoms with Crippen molar-refractivity contribution in [3.05, 3.63) is 6.92 Å². The second-order valence-corrected chi connectivity index (χ2v) is 13.3. The molecule has 0 aromatic rings. The quantitative estimate of drug-likeness (QED) is 0.263. The standard InChI is InChI=1S/C11H22Cl3Si/c1-2-3-4-5-6-7-8-9-10-11-15(12,13)14/h1-11H2. The van der Waals surface area contributed by atoms with Gasteiger partial charge in [-0.3, -0.25) is 0 Å². The van der Waals surface area contributed by atoms with E-state index in [-0.39, 0.29) is 0 Å². The third-order valence-corrected chi connectivity index (χ3v) is 5.08. The topological polar surface area (TPSA) is 0 Å². The highest BCUT2D eigenvalue weighted by Gasteiger charge is 2.23. The number of halogens is 3. The van der Waals surface area contributed by atoms with Gasteiger partial charge in [0.05, 0.1) is 0 Å². The van der Waals surface area contributed by atoms with E-state index in [2.05, 4.69) is 6.92 Å². The smallest absolute Gasteiger partial charge is 0.126 e. The number of unbranched alkanes of at least 4 members (excludes halogenated alkanes) is 8. The van der Waals surface area contributed by atoms with E-state index in [0.29, 0.717) is 0 Å². The van der Waals surface area contributed by atoms with E-state index >= 15 is 0 Å². The fourth-order valence-corrected chi connectivity index (χ4v) is 3.42. The SMILES string of the molecule is [CH2]CCCCCCCCCC[Si](Cl)(Cl)Cl. The Morgan fingerprint density at radius 3 is 1.47 bits per heavy atom. The molecular weight excluding hydrogens is 267 g/mol. The summed E-state index contributed by atoms with van der Waals surface area (Å²) >= 11 is 17.4. The summed E-state index contributed by atoms with van der Waals surface area (Å²) in [6.07, 6.45) is 11.3. The van der Waals surface area contributed by atoms with Gasteiger partial charge in [-0.25, -0.2) is 0 Å². The van der Waals surface area contributed by atoms with Gasteiger partial charge in [0, 0.05) is 0 Å². The average Bonchev–Trinajstić information content (AvgIpc) is 2.14. The van der Waals surface area contributed by atoms with E-state index < -0.39 is 6.00 Å². The van der Waals surface area contributed by atoms with E-state index in [0.717, 1.165) is 18.9 Å². The van der Waals surface area contributed by atoms with Crippen LogP contribution in [-0.4, -0.2) is 6.00 Å². The molecule has 1 radical (unpaired) electrons. The molecule has 0 N–H and O–H groups in total. The van der Waals surface area contributed by atoms with Crippen LogP contribution >= 0.6 is 33.2 Å². The molecule has 0 rings (SSSR count). The number of rotatable bonds is 10. The van der Waals surface area contributed by atoms with Gasteiger partial charge < -0.3 is 0 Å². The summed E-state index contributed by atoms with van der Waals surface area (Å²) in [6.45, 7) is 3.83. The monoisotopic (exact) mass is 287 g/mol. The minimum Gasteiger partial charge on any atom is -0.126 e. The molecule has 4 heteroatoms. The molecule has 0 bridgehead atoms. The second-order valence-electron chi connectivity index (χ2n) is 4.05. The van der Waals surface area contributed by atoms with E-state index in [1.807, 2.05) is 0 Å². The van der Waals surface area contributed by atoms with Crippen molar-refractivity contribution >= 4 is 39.2 Å². The number of hydrogen-bond acceptors (Lipinski definition) is 0. The lowest BCUT2D eigenvalue weighted by Gasteiger charge is -2.06. The molecule has 0 saturated heterocycles. The summed E-state index contributed by atoms with van der Waals surface area (Å²) in [5.74, 6) is 0. The van der Waals surface area contributed by atoms with E-state index in [1.165, 1.54) is 44.9 Å². The molecule has 0 saturated carbocycles. The zero-order valence-electron chi connectivity index (χ0n) is 9.41. The molecule has 0 fully saturated rings. The lowest BCUT2D eigenvalue weighted by molar-refractivity contribution is 0.577. The molecule has 0 aromatic carbocycles. The van der Waals surface area contributed by atoms with Crippen molar-refractivity contribution in [2.45, 2.75) is 63.8 Å². The maximum Gasteiger partial charge on any atom is 0.341 e. The summed E-state index contributed by atoms with van der Waals surface area (Å²) in [4.78, 5) is 0. The first-order valence-corrected chi connectivity index (χ1v) is 11.2. The summed E-state index contributed by atoms with van der Waals surface area (Å²) < 4.78 is 0. The van der Waals surface area contributed by atoms with Crippen molar-refractivity contribution < 1.29 is 0 Å². The van der Waals surface area contributed by atoms with Gasteiger partial charge in [-0.15, -0.1) is 33.2 Å². The van der Waals surface area contributed by atoms with Gasteiger partial charge in [0.1, 0.15) is 0 Å². The molecule has 0 atom stereocenters. The fourth-order valence-electron chi connectivity index (χ4n) is 1.56. The Kier molecular flexibility index (Phi) is 11.0. The summed E-state index contributed by atoms with van der Waals surface area (Å²) in [6, 6.07) is -1.51. The van der Waals surface area contributed by atoms with Crippen LogP contribution in [0.1, 0.15) is 57.8 Å². The normalized spacial score (nSPS) is 12.0. The minimum absolute atomic E-state index is 0.819. The Labute approximate surface area is 110 Å². The highest BCUT2D eigenvalue weighted by atomic mass is 35.8. The molecular formula is C11H22Cl3Si. The van der Waals surface area contributed by atoms with Crippen LogP contribution in [0.5, 0.6) is 0 Å². The summed E-state index contributed by atoms with van der Waals surface area (Å²) in [7, 11) is 0. The molecule has 15 heavy (non-hydrogen) atoms. The Hall–Kier alpha value is 1.09. The van der Waals surface area contributed by atoms with E-state index in [1.54, 1.807) is 0 Å². The Morgan fingerprint density at radius 2 is 1.07 bits per heavy atom. The van der Waals surface area contributed by atoms with E-state index in [9.17, 15) is 0 Å². The molecule has 0 aromatic heterocycles. The van der Waals surface area contributed by atoms with Gasteiger partial charge in [0.15, 0.2) is 0 Å². The lowest BCUT2D eigenvalue weighted by Crippen LogP contribution is -2.07. The van der Waals surface area contributed by atoms with Gasteiger partial charge in [0.25, 0.3) is 0 Å². The van der Waals surface area contributed by atoms with Crippen molar-refractivity contribution in [1.82, 2.24) is 0 Å². The van der Waals surface area contributed by atoms with Crippen LogP contribution in [0.4, 0.5) is 0 Å². The Bertz CT molecular complexity index is 134. The Morgan fingerprint density at radius 1 is 0.667 bits per heavy atom. The zero-order valence-corrected chi connectivity index (χ0v) is 12.7. The second kappa shape index (κ2) is 10.3. The van der Waals surface area contributed by atoms with Crippen molar-refractivity contribution in [3.8, 4) is 0 Å². The lowest BCUT2D eigenvalue weighted by atomic mass is 10.1. The highest BCUT2D eigenvalue weighted by molar-refractivity contribution is 7.64. The third kappa shape index (κ3) is 15.1. The molecule has 0 spiro atoms. The van der Waals surface area contributed by atoms with Gasteiger partial charge in [-0.05, 0) is 6.04 Å². The Balaban J connectivity index is 2.99. The van der Waals surface area contributed by atoms with Gasteiger partial charge in [0.2, 0.25) is 0 Å². The molecule has 0 nitrogen and oxygen atoms in total. The van der Waals surface area contributed by atoms with Crippen LogP contribution < -0.4 is 0 Å². The van der Waals surface area contributed by atoms with Crippen LogP contribution in [0.25, 0.3) is 0 Å². The van der Waals surface area contributed by atoms with Crippen molar-refractivity contribution in [2.75, 3.05) is 0 Å². The first-order chi connectivity index (χ1) is 7.06. The predicted octanol–water partition coefficient (Wildman–Crippen LogP) is 5.99. The molecule has 0 unspecified atom stereocenters. The van der Waals surface area contributed by atoms with Crippen LogP contribution in [0.2, 0.25) is 6.04 Å². The predicted molar refractivity (Wildman–Crippen MR) is 75.0 cm³/mol. The van der Waals surface area contributed by atoms with Gasteiger partial charge in [-0.1, -0.05) is 64.7 Å². The first-order valence-electron chi connectivity index (χ1n) is 5.92.